The Balaban J connectivity index is 2.35. The van der Waals surface area contributed by atoms with Crippen molar-refractivity contribution in [1.82, 2.24) is 9.97 Å². The number of anilines is 1. The lowest BCUT2D eigenvalue weighted by atomic mass is 10.1. The molecule has 0 N–H and O–H groups in total. The number of ketones is 1. The lowest BCUT2D eigenvalue weighted by Crippen LogP contribution is -2.25. The summed E-state index contributed by atoms with van der Waals surface area (Å²) in [5.74, 6) is 0.951. The Labute approximate surface area is 102 Å². The van der Waals surface area contributed by atoms with Gasteiger partial charge in [-0.25, -0.2) is 9.97 Å². The molecule has 17 heavy (non-hydrogen) atoms. The highest BCUT2D eigenvalue weighted by Gasteiger charge is 2.18. The number of hydrogen-bond acceptors (Lipinski definition) is 4. The average molecular weight is 233 g/mol. The molecule has 1 heterocycles. The number of Topliss-reactive ketones (excluding diaryl/α,β-unsaturated/α-hetero) is 1. The quantitative estimate of drug-likeness (QED) is 0.751. The Morgan fingerprint density at radius 1 is 1.24 bits per heavy atom. The Morgan fingerprint density at radius 2 is 1.94 bits per heavy atom. The van der Waals surface area contributed by atoms with Gasteiger partial charge in [-0.2, -0.15) is 0 Å². The van der Waals surface area contributed by atoms with Crippen LogP contribution >= 0.6 is 0 Å². The maximum Gasteiger partial charge on any atom is 0.225 e. The fourth-order valence-corrected chi connectivity index (χ4v) is 2.20. The minimum atomic E-state index is 0.198. The van der Waals surface area contributed by atoms with E-state index in [0.717, 1.165) is 49.6 Å². The van der Waals surface area contributed by atoms with Gasteiger partial charge in [0.1, 0.15) is 0 Å². The van der Waals surface area contributed by atoms with E-state index in [1.54, 1.807) is 6.20 Å². The van der Waals surface area contributed by atoms with E-state index in [-0.39, 0.29) is 5.78 Å². The van der Waals surface area contributed by atoms with Gasteiger partial charge in [0.2, 0.25) is 5.95 Å². The van der Waals surface area contributed by atoms with E-state index in [1.165, 1.54) is 0 Å². The standard InChI is InChI=1S/C13H19N3O/c1-3-16(4-2)13-14-9-10-11(15-13)7-5-6-8-12(10)17/h9H,3-8H2,1-2H3. The van der Waals surface area contributed by atoms with Crippen LogP contribution in [-0.4, -0.2) is 28.8 Å². The molecule has 2 rings (SSSR count). The molecule has 4 heteroatoms. The molecule has 1 aromatic rings. The highest BCUT2D eigenvalue weighted by Crippen LogP contribution is 2.20. The lowest BCUT2D eigenvalue weighted by molar-refractivity contribution is 0.0981. The van der Waals surface area contributed by atoms with Crippen LogP contribution in [-0.2, 0) is 6.42 Å². The zero-order chi connectivity index (χ0) is 12.3. The molecule has 4 nitrogen and oxygen atoms in total. The maximum atomic E-state index is 11.8. The molecule has 1 aromatic heterocycles. The van der Waals surface area contributed by atoms with Crippen LogP contribution in [0.3, 0.4) is 0 Å². The molecule has 0 saturated carbocycles. The molecular weight excluding hydrogens is 214 g/mol. The van der Waals surface area contributed by atoms with Gasteiger partial charge < -0.3 is 4.90 Å². The molecule has 1 aliphatic carbocycles. The molecule has 1 aliphatic rings. The Hall–Kier alpha value is -1.45. The van der Waals surface area contributed by atoms with Crippen LogP contribution in [0.5, 0.6) is 0 Å². The first-order valence-electron chi connectivity index (χ1n) is 6.40. The Morgan fingerprint density at radius 3 is 2.65 bits per heavy atom. The summed E-state index contributed by atoms with van der Waals surface area (Å²) in [6.07, 6.45) is 5.27. The van der Waals surface area contributed by atoms with Crippen LogP contribution in [0.1, 0.15) is 49.2 Å². The average Bonchev–Trinajstić information content (AvgIpc) is 2.53. The van der Waals surface area contributed by atoms with Gasteiger partial charge in [0.05, 0.1) is 11.3 Å². The third-order valence-corrected chi connectivity index (χ3v) is 3.27. The van der Waals surface area contributed by atoms with Crippen LogP contribution in [0, 0.1) is 0 Å². The van der Waals surface area contributed by atoms with Crippen molar-refractivity contribution < 1.29 is 4.79 Å². The summed E-state index contributed by atoms with van der Waals surface area (Å²) in [6, 6.07) is 0. The molecule has 0 bridgehead atoms. The molecule has 0 saturated heterocycles. The summed E-state index contributed by atoms with van der Waals surface area (Å²) in [5.41, 5.74) is 1.67. The van der Waals surface area contributed by atoms with Gasteiger partial charge in [-0.1, -0.05) is 0 Å². The number of aromatic nitrogens is 2. The number of nitrogens with zero attached hydrogens (tertiary/aromatic N) is 3. The minimum Gasteiger partial charge on any atom is -0.341 e. The Bertz CT molecular complexity index is 413. The third-order valence-electron chi connectivity index (χ3n) is 3.27. The topological polar surface area (TPSA) is 46.1 Å². The predicted molar refractivity (Wildman–Crippen MR) is 67.5 cm³/mol. The summed E-state index contributed by atoms with van der Waals surface area (Å²) in [6.45, 7) is 5.96. The number of aryl methyl sites for hydroxylation is 1. The first-order valence-corrected chi connectivity index (χ1v) is 6.40. The highest BCUT2D eigenvalue weighted by molar-refractivity contribution is 5.97. The zero-order valence-electron chi connectivity index (χ0n) is 10.6. The van der Waals surface area contributed by atoms with Crippen LogP contribution in [0.25, 0.3) is 0 Å². The zero-order valence-corrected chi connectivity index (χ0v) is 10.6. The van der Waals surface area contributed by atoms with Gasteiger partial charge in [0, 0.05) is 25.7 Å². The number of fused-ring (bicyclic) bond motifs is 1. The molecular formula is C13H19N3O. The van der Waals surface area contributed by atoms with E-state index in [9.17, 15) is 4.79 Å². The van der Waals surface area contributed by atoms with E-state index in [0.29, 0.717) is 6.42 Å². The molecule has 0 spiro atoms. The minimum absolute atomic E-state index is 0.198. The van der Waals surface area contributed by atoms with Crippen molar-refractivity contribution in [3.63, 3.8) is 0 Å². The van der Waals surface area contributed by atoms with E-state index in [4.69, 9.17) is 0 Å². The van der Waals surface area contributed by atoms with Gasteiger partial charge in [-0.05, 0) is 33.1 Å². The van der Waals surface area contributed by atoms with Gasteiger partial charge in [-0.3, -0.25) is 4.79 Å². The van der Waals surface area contributed by atoms with Crippen LogP contribution in [0.15, 0.2) is 6.20 Å². The van der Waals surface area contributed by atoms with Gasteiger partial charge in [-0.15, -0.1) is 0 Å². The maximum absolute atomic E-state index is 11.8. The molecule has 0 radical (unpaired) electrons. The second-order valence-corrected chi connectivity index (χ2v) is 4.33. The Kier molecular flexibility index (Phi) is 3.71. The number of carbonyl (C=O) groups excluding carboxylic acids is 1. The molecule has 0 unspecified atom stereocenters. The number of rotatable bonds is 3. The van der Waals surface area contributed by atoms with E-state index < -0.39 is 0 Å². The van der Waals surface area contributed by atoms with Crippen molar-refractivity contribution in [2.45, 2.75) is 39.5 Å². The van der Waals surface area contributed by atoms with Gasteiger partial charge in [0.25, 0.3) is 0 Å². The summed E-state index contributed by atoms with van der Waals surface area (Å²) in [7, 11) is 0. The second-order valence-electron chi connectivity index (χ2n) is 4.33. The van der Waals surface area contributed by atoms with E-state index in [1.807, 2.05) is 0 Å². The molecule has 92 valence electrons. The summed E-state index contributed by atoms with van der Waals surface area (Å²) in [5, 5.41) is 0. The fourth-order valence-electron chi connectivity index (χ4n) is 2.20. The van der Waals surface area contributed by atoms with Crippen LogP contribution in [0.2, 0.25) is 0 Å². The fraction of sp³-hybridized carbons (Fsp3) is 0.615. The molecule has 0 amide bonds. The number of hydrogen-bond donors (Lipinski definition) is 0. The first-order chi connectivity index (χ1) is 8.26. The van der Waals surface area contributed by atoms with Crippen molar-refractivity contribution in [3.05, 3.63) is 17.5 Å². The van der Waals surface area contributed by atoms with Crippen LogP contribution in [0.4, 0.5) is 5.95 Å². The summed E-state index contributed by atoms with van der Waals surface area (Å²) < 4.78 is 0. The smallest absolute Gasteiger partial charge is 0.225 e. The second kappa shape index (κ2) is 5.25. The van der Waals surface area contributed by atoms with Crippen molar-refractivity contribution in [3.8, 4) is 0 Å². The van der Waals surface area contributed by atoms with Crippen molar-refractivity contribution in [1.29, 1.82) is 0 Å². The molecule has 0 fully saturated rings. The van der Waals surface area contributed by atoms with Crippen LogP contribution < -0.4 is 4.90 Å². The summed E-state index contributed by atoms with van der Waals surface area (Å²) in [4.78, 5) is 22.8. The lowest BCUT2D eigenvalue weighted by Gasteiger charge is -2.19. The molecule has 0 atom stereocenters. The SMILES string of the molecule is CCN(CC)c1ncc2c(n1)CCCCC2=O. The monoisotopic (exact) mass is 233 g/mol. The summed E-state index contributed by atoms with van der Waals surface area (Å²) >= 11 is 0. The van der Waals surface area contributed by atoms with Crippen molar-refractivity contribution >= 4 is 11.7 Å². The van der Waals surface area contributed by atoms with E-state index in [2.05, 4.69) is 28.7 Å². The normalized spacial score (nSPS) is 15.3. The highest BCUT2D eigenvalue weighted by atomic mass is 16.1. The molecule has 0 aromatic carbocycles. The van der Waals surface area contributed by atoms with Crippen molar-refractivity contribution in [2.24, 2.45) is 0 Å². The van der Waals surface area contributed by atoms with E-state index >= 15 is 0 Å². The number of carbonyl (C=O) groups is 1. The van der Waals surface area contributed by atoms with Crippen molar-refractivity contribution in [2.75, 3.05) is 18.0 Å². The third kappa shape index (κ3) is 2.46. The predicted octanol–water partition coefficient (Wildman–Crippen LogP) is 2.23. The molecule has 0 aliphatic heterocycles. The largest absolute Gasteiger partial charge is 0.341 e. The van der Waals surface area contributed by atoms with Gasteiger partial charge in [0.15, 0.2) is 5.78 Å². The van der Waals surface area contributed by atoms with Gasteiger partial charge >= 0.3 is 0 Å². The first kappa shape index (κ1) is 12.0.